The summed E-state index contributed by atoms with van der Waals surface area (Å²) in [5.74, 6) is 0.536. The van der Waals surface area contributed by atoms with E-state index in [1.807, 2.05) is 6.92 Å². The third kappa shape index (κ3) is 3.48. The molecule has 1 N–H and O–H groups in total. The Balaban J connectivity index is 3.16. The van der Waals surface area contributed by atoms with E-state index in [-0.39, 0.29) is 0 Å². The fraction of sp³-hybridized carbons (Fsp3) is 0.571. The summed E-state index contributed by atoms with van der Waals surface area (Å²) in [5.41, 5.74) is 0.506. The highest BCUT2D eigenvalue weighted by Crippen LogP contribution is 2.36. The lowest BCUT2D eigenvalue weighted by Gasteiger charge is -2.29. The summed E-state index contributed by atoms with van der Waals surface area (Å²) in [5, 5.41) is 10.4. The van der Waals surface area contributed by atoms with Crippen LogP contribution in [0, 0.1) is 0 Å². The third-order valence-electron chi connectivity index (χ3n) is 3.29. The number of rotatable bonds is 6. The van der Waals surface area contributed by atoms with E-state index in [1.54, 1.807) is 24.3 Å². The topological polar surface area (TPSA) is 63.6 Å². The average Bonchev–Trinajstić information content (AvgIpc) is 2.34. The van der Waals surface area contributed by atoms with Crippen LogP contribution in [0.25, 0.3) is 0 Å². The summed E-state index contributed by atoms with van der Waals surface area (Å²) in [6, 6.07) is 7.00. The predicted octanol–water partition coefficient (Wildman–Crippen LogP) is 2.33. The molecular weight excluding hydrogens is 264 g/mol. The van der Waals surface area contributed by atoms with Gasteiger partial charge in [-0.2, -0.15) is 0 Å². The molecule has 0 heterocycles. The van der Waals surface area contributed by atoms with Gasteiger partial charge >= 0.3 is 0 Å². The Kier molecular flexibility index (Phi) is 4.98. The molecule has 1 rings (SSSR count). The van der Waals surface area contributed by atoms with Gasteiger partial charge in [0, 0.05) is 11.8 Å². The van der Waals surface area contributed by atoms with Crippen molar-refractivity contribution in [3.8, 4) is 5.75 Å². The summed E-state index contributed by atoms with van der Waals surface area (Å²) >= 11 is 0. The third-order valence-corrected chi connectivity index (χ3v) is 5.42. The molecule has 0 radical (unpaired) electrons. The number of para-hydroxylation sites is 1. The molecule has 0 saturated heterocycles. The summed E-state index contributed by atoms with van der Waals surface area (Å²) in [6.07, 6.45) is 0.849. The lowest BCUT2D eigenvalue weighted by molar-refractivity contribution is 0.134. The normalized spacial score (nSPS) is 14.2. The molecule has 0 bridgehead atoms. The van der Waals surface area contributed by atoms with Crippen LogP contribution in [-0.2, 0) is 9.84 Å². The van der Waals surface area contributed by atoms with Crippen LogP contribution in [0.15, 0.2) is 24.3 Å². The van der Waals surface area contributed by atoms with Crippen LogP contribution >= 0.6 is 0 Å². The zero-order chi connectivity index (χ0) is 14.7. The van der Waals surface area contributed by atoms with Crippen molar-refractivity contribution in [3.63, 3.8) is 0 Å². The maximum atomic E-state index is 11.8. The molecule has 0 aliphatic carbocycles. The van der Waals surface area contributed by atoms with E-state index in [0.717, 1.165) is 12.7 Å². The Morgan fingerprint density at radius 3 is 2.42 bits per heavy atom. The smallest absolute Gasteiger partial charge is 0.155 e. The first-order valence-corrected chi connectivity index (χ1v) is 8.20. The van der Waals surface area contributed by atoms with Gasteiger partial charge in [-0.05, 0) is 26.3 Å². The number of ether oxygens (including phenoxy) is 1. The van der Waals surface area contributed by atoms with Gasteiger partial charge in [-0.25, -0.2) is 8.42 Å². The van der Waals surface area contributed by atoms with Gasteiger partial charge in [-0.3, -0.25) is 0 Å². The molecule has 1 aromatic rings. The maximum Gasteiger partial charge on any atom is 0.155 e. The summed E-state index contributed by atoms with van der Waals surface area (Å²) in [4.78, 5) is 0. The van der Waals surface area contributed by atoms with Crippen molar-refractivity contribution in [3.05, 3.63) is 29.8 Å². The van der Waals surface area contributed by atoms with E-state index in [4.69, 9.17) is 4.74 Å². The molecule has 0 amide bonds. The maximum absolute atomic E-state index is 11.8. The molecule has 0 saturated carbocycles. The number of hydrogen-bond acceptors (Lipinski definition) is 4. The van der Waals surface area contributed by atoms with Crippen molar-refractivity contribution in [2.45, 2.75) is 38.0 Å². The predicted molar refractivity (Wildman–Crippen MR) is 76.1 cm³/mol. The van der Waals surface area contributed by atoms with Gasteiger partial charge in [-0.15, -0.1) is 0 Å². The molecule has 1 aromatic carbocycles. The molecule has 0 aromatic heterocycles. The minimum absolute atomic E-state index is 0.506. The molecule has 108 valence electrons. The highest BCUT2D eigenvalue weighted by Gasteiger charge is 2.40. The second-order valence-electron chi connectivity index (χ2n) is 5.16. The first-order chi connectivity index (χ1) is 8.71. The number of benzene rings is 1. The van der Waals surface area contributed by atoms with E-state index in [0.29, 0.717) is 17.9 Å². The van der Waals surface area contributed by atoms with Gasteiger partial charge in [0.15, 0.2) is 9.84 Å². The molecular formula is C14H22O4S. The molecule has 0 aliphatic rings. The van der Waals surface area contributed by atoms with Crippen LogP contribution in [0.3, 0.4) is 0 Å². The van der Waals surface area contributed by atoms with Crippen LogP contribution < -0.4 is 4.74 Å². The number of hydrogen-bond donors (Lipinski definition) is 1. The Bertz CT molecular complexity index is 520. The zero-order valence-corrected chi connectivity index (χ0v) is 12.7. The molecule has 1 unspecified atom stereocenters. The lowest BCUT2D eigenvalue weighted by Crippen LogP contribution is -2.38. The fourth-order valence-corrected chi connectivity index (χ4v) is 2.16. The minimum atomic E-state index is -3.39. The van der Waals surface area contributed by atoms with Gasteiger partial charge in [0.05, 0.1) is 11.4 Å². The minimum Gasteiger partial charge on any atom is -0.493 e. The first-order valence-electron chi connectivity index (χ1n) is 6.31. The van der Waals surface area contributed by atoms with Crippen LogP contribution in [0.2, 0.25) is 0 Å². The number of aliphatic hydroxyl groups is 1. The van der Waals surface area contributed by atoms with Crippen LogP contribution in [-0.4, -0.2) is 31.1 Å². The standard InChI is InChI=1S/C14H22O4S/c1-5-10-18-12-9-7-6-8-11(12)13(15)14(2,3)19(4,16)17/h6-9,13,15H,5,10H2,1-4H3. The number of sulfone groups is 1. The highest BCUT2D eigenvalue weighted by atomic mass is 32.2. The monoisotopic (exact) mass is 286 g/mol. The van der Waals surface area contributed by atoms with Crippen LogP contribution in [0.4, 0.5) is 0 Å². The second-order valence-corrected chi connectivity index (χ2v) is 7.76. The van der Waals surface area contributed by atoms with Crippen molar-refractivity contribution in [2.75, 3.05) is 12.9 Å². The van der Waals surface area contributed by atoms with Gasteiger partial charge in [-0.1, -0.05) is 25.1 Å². The van der Waals surface area contributed by atoms with Crippen molar-refractivity contribution in [1.82, 2.24) is 0 Å². The summed E-state index contributed by atoms with van der Waals surface area (Å²) < 4.78 is 27.9. The lowest BCUT2D eigenvalue weighted by atomic mass is 9.97. The average molecular weight is 286 g/mol. The van der Waals surface area contributed by atoms with E-state index < -0.39 is 20.7 Å². The van der Waals surface area contributed by atoms with Gasteiger partial charge in [0.25, 0.3) is 0 Å². The van der Waals surface area contributed by atoms with Crippen molar-refractivity contribution >= 4 is 9.84 Å². The molecule has 4 nitrogen and oxygen atoms in total. The molecule has 19 heavy (non-hydrogen) atoms. The summed E-state index contributed by atoms with van der Waals surface area (Å²) in [6.45, 7) is 5.55. The van der Waals surface area contributed by atoms with E-state index in [9.17, 15) is 13.5 Å². The van der Waals surface area contributed by atoms with E-state index in [2.05, 4.69) is 0 Å². The zero-order valence-electron chi connectivity index (χ0n) is 11.9. The molecule has 5 heteroatoms. The second kappa shape index (κ2) is 5.92. The molecule has 1 atom stereocenters. The van der Waals surface area contributed by atoms with Crippen LogP contribution in [0.5, 0.6) is 5.75 Å². The van der Waals surface area contributed by atoms with E-state index >= 15 is 0 Å². The van der Waals surface area contributed by atoms with E-state index in [1.165, 1.54) is 13.8 Å². The Hall–Kier alpha value is -1.07. The Morgan fingerprint density at radius 1 is 1.32 bits per heavy atom. The van der Waals surface area contributed by atoms with Crippen LogP contribution in [0.1, 0.15) is 38.9 Å². The number of aliphatic hydroxyl groups excluding tert-OH is 1. The first kappa shape index (κ1) is 16.0. The molecule has 0 aliphatic heterocycles. The van der Waals surface area contributed by atoms with Crippen molar-refractivity contribution < 1.29 is 18.3 Å². The summed E-state index contributed by atoms with van der Waals surface area (Å²) in [7, 11) is -3.39. The van der Waals surface area contributed by atoms with Crippen molar-refractivity contribution in [2.24, 2.45) is 0 Å². The fourth-order valence-electron chi connectivity index (χ4n) is 1.63. The Labute approximate surface area is 115 Å². The van der Waals surface area contributed by atoms with Gasteiger partial charge < -0.3 is 9.84 Å². The van der Waals surface area contributed by atoms with Crippen molar-refractivity contribution in [1.29, 1.82) is 0 Å². The van der Waals surface area contributed by atoms with Gasteiger partial charge in [0.1, 0.15) is 11.9 Å². The highest BCUT2D eigenvalue weighted by molar-refractivity contribution is 7.92. The largest absolute Gasteiger partial charge is 0.493 e. The van der Waals surface area contributed by atoms with Gasteiger partial charge in [0.2, 0.25) is 0 Å². The molecule has 0 fully saturated rings. The Morgan fingerprint density at radius 2 is 1.89 bits per heavy atom. The quantitative estimate of drug-likeness (QED) is 0.871. The molecule has 0 spiro atoms. The SMILES string of the molecule is CCCOc1ccccc1C(O)C(C)(C)S(C)(=O)=O.